The van der Waals surface area contributed by atoms with E-state index in [1.165, 1.54) is 38.5 Å². The van der Waals surface area contributed by atoms with Crippen LogP contribution in [0.2, 0.25) is 0 Å². The van der Waals surface area contributed by atoms with E-state index in [4.69, 9.17) is 0 Å². The van der Waals surface area contributed by atoms with Crippen molar-refractivity contribution in [2.45, 2.75) is 51.5 Å². The van der Waals surface area contributed by atoms with Gasteiger partial charge in [0.25, 0.3) is 0 Å². The first-order chi connectivity index (χ1) is 6.35. The molecule has 0 radical (unpaired) electrons. The molecule has 0 heterocycles. The molecule has 3 atom stereocenters. The fourth-order valence-electron chi connectivity index (χ4n) is 3.12. The largest absolute Gasteiger partial charge is 0.316 e. The zero-order valence-corrected chi connectivity index (χ0v) is 9.05. The van der Waals surface area contributed by atoms with Crippen LogP contribution in [0.3, 0.4) is 0 Å². The third kappa shape index (κ3) is 2.07. The fourth-order valence-corrected chi connectivity index (χ4v) is 3.12. The van der Waals surface area contributed by atoms with E-state index in [0.717, 1.165) is 23.8 Å². The maximum Gasteiger partial charge on any atom is 0.0121 e. The quantitative estimate of drug-likeness (QED) is 0.703. The van der Waals surface area contributed by atoms with Crippen LogP contribution in [0.4, 0.5) is 0 Å². The van der Waals surface area contributed by atoms with Gasteiger partial charge in [0, 0.05) is 6.04 Å². The Morgan fingerprint density at radius 2 is 1.85 bits per heavy atom. The first-order valence-corrected chi connectivity index (χ1v) is 6.02. The molecule has 1 heteroatoms. The highest BCUT2D eigenvalue weighted by Gasteiger charge is 2.38. The average molecular weight is 181 g/mol. The van der Waals surface area contributed by atoms with Crippen LogP contribution in [-0.2, 0) is 0 Å². The van der Waals surface area contributed by atoms with Crippen LogP contribution < -0.4 is 5.32 Å². The highest BCUT2D eigenvalue weighted by atomic mass is 14.9. The first-order valence-electron chi connectivity index (χ1n) is 6.02. The Labute approximate surface area is 82.3 Å². The van der Waals surface area contributed by atoms with Crippen molar-refractivity contribution in [3.05, 3.63) is 0 Å². The van der Waals surface area contributed by atoms with Crippen LogP contribution >= 0.6 is 0 Å². The lowest BCUT2D eigenvalue weighted by molar-refractivity contribution is 0.332. The summed E-state index contributed by atoms with van der Waals surface area (Å²) >= 11 is 0. The molecular formula is C12H23N. The Bertz CT molecular complexity index is 163. The van der Waals surface area contributed by atoms with Gasteiger partial charge in [0.1, 0.15) is 0 Å². The topological polar surface area (TPSA) is 12.0 Å². The molecule has 76 valence electrons. The van der Waals surface area contributed by atoms with Crippen LogP contribution in [0, 0.1) is 17.8 Å². The number of rotatable bonds is 4. The van der Waals surface area contributed by atoms with Gasteiger partial charge in [-0.2, -0.15) is 0 Å². The van der Waals surface area contributed by atoms with Gasteiger partial charge in [0.15, 0.2) is 0 Å². The van der Waals surface area contributed by atoms with Crippen LogP contribution in [0.25, 0.3) is 0 Å². The van der Waals surface area contributed by atoms with E-state index in [1.54, 1.807) is 0 Å². The summed E-state index contributed by atoms with van der Waals surface area (Å²) in [6.45, 7) is 2.35. The molecule has 1 nitrogen and oxygen atoms in total. The lowest BCUT2D eigenvalue weighted by atomic mass is 9.92. The van der Waals surface area contributed by atoms with Gasteiger partial charge in [-0.05, 0) is 50.5 Å². The molecule has 0 aromatic rings. The predicted octanol–water partition coefficient (Wildman–Crippen LogP) is 2.81. The molecule has 13 heavy (non-hydrogen) atoms. The Kier molecular flexibility index (Phi) is 2.92. The molecule has 0 aromatic heterocycles. The maximum absolute atomic E-state index is 3.55. The van der Waals surface area contributed by atoms with Gasteiger partial charge in [0.2, 0.25) is 0 Å². The summed E-state index contributed by atoms with van der Waals surface area (Å²) in [6, 6.07) is 0.858. The van der Waals surface area contributed by atoms with Gasteiger partial charge >= 0.3 is 0 Å². The zero-order chi connectivity index (χ0) is 9.26. The van der Waals surface area contributed by atoms with E-state index in [9.17, 15) is 0 Å². The third-order valence-electron chi connectivity index (χ3n) is 4.13. The highest BCUT2D eigenvalue weighted by Crippen LogP contribution is 2.43. The van der Waals surface area contributed by atoms with Crippen LogP contribution in [0.5, 0.6) is 0 Å². The minimum atomic E-state index is 0.858. The van der Waals surface area contributed by atoms with E-state index in [0.29, 0.717) is 0 Å². The minimum absolute atomic E-state index is 0.858. The van der Waals surface area contributed by atoms with Crippen molar-refractivity contribution in [1.29, 1.82) is 0 Å². The normalized spacial score (nSPS) is 36.5. The van der Waals surface area contributed by atoms with E-state index < -0.39 is 0 Å². The summed E-state index contributed by atoms with van der Waals surface area (Å²) in [6.07, 6.45) is 8.85. The molecule has 1 N–H and O–H groups in total. The second kappa shape index (κ2) is 4.00. The Balaban J connectivity index is 1.85. The SMILES string of the molecule is CCC1CCC(C(NC)C2CC2)C1. The monoisotopic (exact) mass is 181 g/mol. The first kappa shape index (κ1) is 9.51. The molecule has 0 spiro atoms. The highest BCUT2D eigenvalue weighted by molar-refractivity contribution is 4.93. The second-order valence-corrected chi connectivity index (χ2v) is 5.00. The fraction of sp³-hybridized carbons (Fsp3) is 1.00. The van der Waals surface area contributed by atoms with Crippen molar-refractivity contribution in [2.24, 2.45) is 17.8 Å². The summed E-state index contributed by atoms with van der Waals surface area (Å²) in [5, 5.41) is 3.55. The molecule has 3 unspecified atom stereocenters. The smallest absolute Gasteiger partial charge is 0.0121 e. The van der Waals surface area contributed by atoms with Gasteiger partial charge in [-0.1, -0.05) is 19.8 Å². The van der Waals surface area contributed by atoms with Gasteiger partial charge < -0.3 is 5.32 Å². The molecule has 0 amide bonds. The van der Waals surface area contributed by atoms with E-state index >= 15 is 0 Å². The lowest BCUT2D eigenvalue weighted by Gasteiger charge is -2.22. The molecule has 2 aliphatic carbocycles. The Hall–Kier alpha value is -0.0400. The standard InChI is InChI=1S/C12H23N/c1-3-9-4-5-11(8-9)12(13-2)10-6-7-10/h9-13H,3-8H2,1-2H3. The molecular weight excluding hydrogens is 158 g/mol. The summed E-state index contributed by atoms with van der Waals surface area (Å²) in [5.41, 5.74) is 0. The summed E-state index contributed by atoms with van der Waals surface area (Å²) in [7, 11) is 2.16. The maximum atomic E-state index is 3.55. The third-order valence-corrected chi connectivity index (χ3v) is 4.13. The van der Waals surface area contributed by atoms with E-state index in [2.05, 4.69) is 19.3 Å². The molecule has 0 aromatic carbocycles. The van der Waals surface area contributed by atoms with Crippen LogP contribution in [-0.4, -0.2) is 13.1 Å². The minimum Gasteiger partial charge on any atom is -0.316 e. The number of hydrogen-bond acceptors (Lipinski definition) is 1. The molecule has 2 fully saturated rings. The second-order valence-electron chi connectivity index (χ2n) is 5.00. The molecule has 2 aliphatic rings. The van der Waals surface area contributed by atoms with Crippen molar-refractivity contribution in [3.63, 3.8) is 0 Å². The average Bonchev–Trinajstić information content (AvgIpc) is 2.85. The lowest BCUT2D eigenvalue weighted by Crippen LogP contribution is -2.34. The van der Waals surface area contributed by atoms with Gasteiger partial charge in [0.05, 0.1) is 0 Å². The molecule has 2 saturated carbocycles. The summed E-state index contributed by atoms with van der Waals surface area (Å²) in [5.74, 6) is 3.08. The van der Waals surface area contributed by atoms with E-state index in [1.807, 2.05) is 0 Å². The van der Waals surface area contributed by atoms with Crippen molar-refractivity contribution in [2.75, 3.05) is 7.05 Å². The number of nitrogens with one attached hydrogen (secondary N) is 1. The van der Waals surface area contributed by atoms with Crippen molar-refractivity contribution in [3.8, 4) is 0 Å². The molecule has 0 bridgehead atoms. The van der Waals surface area contributed by atoms with Gasteiger partial charge in [-0.15, -0.1) is 0 Å². The van der Waals surface area contributed by atoms with Crippen molar-refractivity contribution in [1.82, 2.24) is 5.32 Å². The molecule has 0 saturated heterocycles. The van der Waals surface area contributed by atoms with Gasteiger partial charge in [-0.25, -0.2) is 0 Å². The van der Waals surface area contributed by atoms with Crippen LogP contribution in [0.15, 0.2) is 0 Å². The number of hydrogen-bond donors (Lipinski definition) is 1. The van der Waals surface area contributed by atoms with Gasteiger partial charge in [-0.3, -0.25) is 0 Å². The van der Waals surface area contributed by atoms with Crippen molar-refractivity contribution >= 4 is 0 Å². The summed E-state index contributed by atoms with van der Waals surface area (Å²) < 4.78 is 0. The van der Waals surface area contributed by atoms with Crippen LogP contribution in [0.1, 0.15) is 45.4 Å². The molecule has 2 rings (SSSR count). The predicted molar refractivity (Wildman–Crippen MR) is 56.7 cm³/mol. The Morgan fingerprint density at radius 3 is 2.31 bits per heavy atom. The van der Waals surface area contributed by atoms with E-state index in [-0.39, 0.29) is 0 Å². The zero-order valence-electron chi connectivity index (χ0n) is 9.05. The Morgan fingerprint density at radius 1 is 1.15 bits per heavy atom. The molecule has 0 aliphatic heterocycles. The van der Waals surface area contributed by atoms with Crippen molar-refractivity contribution < 1.29 is 0 Å². The summed E-state index contributed by atoms with van der Waals surface area (Å²) in [4.78, 5) is 0.